The maximum atomic E-state index is 13.3. The molecule has 4 aromatic rings. The Morgan fingerprint density at radius 1 is 1.13 bits per heavy atom. The smallest absolute Gasteiger partial charge is 0.209 e. The van der Waals surface area contributed by atoms with Crippen molar-refractivity contribution < 1.29 is 4.39 Å². The third-order valence-corrected chi connectivity index (χ3v) is 5.85. The minimum absolute atomic E-state index is 0.355. The molecule has 0 aliphatic carbocycles. The number of hydrogen-bond acceptors (Lipinski definition) is 7. The van der Waals surface area contributed by atoms with Gasteiger partial charge in [0.25, 0.3) is 0 Å². The predicted octanol–water partition coefficient (Wildman–Crippen LogP) is 3.19. The quantitative estimate of drug-likeness (QED) is 0.304. The van der Waals surface area contributed by atoms with Crippen LogP contribution in [-0.4, -0.2) is 47.5 Å². The molecule has 4 rings (SSSR count). The highest BCUT2D eigenvalue weighted by atomic mass is 35.5. The summed E-state index contributed by atoms with van der Waals surface area (Å²) >= 11 is 7.75. The van der Waals surface area contributed by atoms with Crippen molar-refractivity contribution in [1.29, 1.82) is 0 Å². The molecule has 0 aliphatic rings. The number of hydrogen-bond donors (Lipinski definition) is 1. The minimum atomic E-state index is -0.369. The van der Waals surface area contributed by atoms with E-state index in [-0.39, 0.29) is 5.82 Å². The Morgan fingerprint density at radius 2 is 1.97 bits per heavy atom. The average molecular weight is 459 g/mol. The first-order chi connectivity index (χ1) is 15.1. The van der Waals surface area contributed by atoms with Gasteiger partial charge >= 0.3 is 0 Å². The monoisotopic (exact) mass is 458 g/mol. The van der Waals surface area contributed by atoms with Crippen LogP contribution in [0.15, 0.2) is 53.7 Å². The van der Waals surface area contributed by atoms with Crippen LogP contribution in [0.4, 0.5) is 4.39 Å². The first kappa shape index (κ1) is 21.4. The molecule has 0 atom stereocenters. The van der Waals surface area contributed by atoms with Gasteiger partial charge in [0.2, 0.25) is 5.16 Å². The van der Waals surface area contributed by atoms with E-state index < -0.39 is 0 Å². The number of aromatic nitrogens is 7. The molecule has 0 saturated carbocycles. The molecule has 0 radical (unpaired) electrons. The number of nitrogens with zero attached hydrogens (tertiary/aromatic N) is 7. The lowest BCUT2D eigenvalue weighted by Crippen LogP contribution is -2.18. The Bertz CT molecular complexity index is 1150. The van der Waals surface area contributed by atoms with Crippen molar-refractivity contribution in [2.45, 2.75) is 18.2 Å². The number of tetrazole rings is 1. The van der Waals surface area contributed by atoms with Gasteiger partial charge in [-0.15, -0.1) is 5.10 Å². The van der Waals surface area contributed by atoms with Gasteiger partial charge in [-0.05, 0) is 28.1 Å². The highest BCUT2D eigenvalue weighted by molar-refractivity contribution is 7.99. The second-order valence-corrected chi connectivity index (χ2v) is 8.21. The number of aryl methyl sites for hydroxylation is 1. The Kier molecular flexibility index (Phi) is 6.90. The number of rotatable bonds is 9. The normalized spacial score (nSPS) is 11.2. The van der Waals surface area contributed by atoms with Crippen molar-refractivity contribution >= 4 is 23.4 Å². The van der Waals surface area contributed by atoms with E-state index in [9.17, 15) is 4.39 Å². The summed E-state index contributed by atoms with van der Waals surface area (Å²) in [6.07, 6.45) is 0. The lowest BCUT2D eigenvalue weighted by atomic mass is 10.1. The highest BCUT2D eigenvalue weighted by Crippen LogP contribution is 2.22. The van der Waals surface area contributed by atoms with Gasteiger partial charge in [-0.2, -0.15) is 15.0 Å². The van der Waals surface area contributed by atoms with Crippen LogP contribution in [0, 0.1) is 5.82 Å². The van der Waals surface area contributed by atoms with E-state index in [1.807, 2.05) is 37.4 Å². The third-order valence-electron chi connectivity index (χ3n) is 4.48. The highest BCUT2D eigenvalue weighted by Gasteiger charge is 2.14. The van der Waals surface area contributed by atoms with Gasteiger partial charge in [0.05, 0.1) is 6.54 Å². The number of nitrogens with one attached hydrogen (secondary N) is 1. The first-order valence-corrected chi connectivity index (χ1v) is 11.0. The van der Waals surface area contributed by atoms with Gasteiger partial charge < -0.3 is 5.32 Å². The fourth-order valence-electron chi connectivity index (χ4n) is 2.96. The minimum Gasteiger partial charge on any atom is -0.310 e. The van der Waals surface area contributed by atoms with Gasteiger partial charge in [-0.1, -0.05) is 59.8 Å². The second kappa shape index (κ2) is 9.99. The molecule has 0 spiro atoms. The summed E-state index contributed by atoms with van der Waals surface area (Å²) in [6.45, 7) is 1.66. The molecule has 0 bridgehead atoms. The molecular weight excluding hydrogens is 439 g/mol. The van der Waals surface area contributed by atoms with Gasteiger partial charge in [0, 0.05) is 36.5 Å². The van der Waals surface area contributed by atoms with Crippen LogP contribution < -0.4 is 5.32 Å². The van der Waals surface area contributed by atoms with E-state index in [1.54, 1.807) is 27.3 Å². The van der Waals surface area contributed by atoms with Crippen LogP contribution in [-0.2, 0) is 20.1 Å². The second-order valence-electron chi connectivity index (χ2n) is 6.74. The SMILES string of the molecule is Cn1nnnc1SCCNCc1nn(Cc2ccc(F)cc2Cl)nc1-c1ccccc1. The van der Waals surface area contributed by atoms with Crippen molar-refractivity contribution in [3.8, 4) is 11.3 Å². The van der Waals surface area contributed by atoms with Gasteiger partial charge in [0.1, 0.15) is 17.2 Å². The van der Waals surface area contributed by atoms with Crippen LogP contribution >= 0.6 is 23.4 Å². The summed E-state index contributed by atoms with van der Waals surface area (Å²) in [5.74, 6) is 0.445. The molecule has 31 heavy (non-hydrogen) atoms. The summed E-state index contributed by atoms with van der Waals surface area (Å²) in [5, 5.41) is 25.3. The fraction of sp³-hybridized carbons (Fsp3) is 0.250. The molecule has 8 nitrogen and oxygen atoms in total. The maximum absolute atomic E-state index is 13.3. The molecule has 2 aromatic carbocycles. The molecule has 0 unspecified atom stereocenters. The first-order valence-electron chi connectivity index (χ1n) is 9.59. The van der Waals surface area contributed by atoms with Crippen LogP contribution in [0.5, 0.6) is 0 Å². The van der Waals surface area contributed by atoms with Gasteiger partial charge in [-0.25, -0.2) is 9.07 Å². The Labute approximate surface area is 187 Å². The lowest BCUT2D eigenvalue weighted by molar-refractivity contribution is 0.576. The van der Waals surface area contributed by atoms with E-state index in [2.05, 4.69) is 31.0 Å². The Hall–Kier alpha value is -2.82. The summed E-state index contributed by atoms with van der Waals surface area (Å²) in [7, 11) is 1.81. The van der Waals surface area contributed by atoms with Crippen molar-refractivity contribution in [3.05, 3.63) is 70.6 Å². The molecule has 0 saturated heterocycles. The van der Waals surface area contributed by atoms with E-state index in [1.165, 1.54) is 12.1 Å². The molecule has 160 valence electrons. The third kappa shape index (κ3) is 5.46. The molecule has 0 amide bonds. The largest absolute Gasteiger partial charge is 0.310 e. The summed E-state index contributed by atoms with van der Waals surface area (Å²) < 4.78 is 15.0. The van der Waals surface area contributed by atoms with Crippen molar-refractivity contribution in [3.63, 3.8) is 0 Å². The van der Waals surface area contributed by atoms with E-state index >= 15 is 0 Å². The molecule has 11 heteroatoms. The van der Waals surface area contributed by atoms with E-state index in [4.69, 9.17) is 11.6 Å². The Morgan fingerprint density at radius 3 is 2.71 bits per heavy atom. The lowest BCUT2D eigenvalue weighted by Gasteiger charge is -2.04. The average Bonchev–Trinajstić information content (AvgIpc) is 3.36. The molecule has 2 aromatic heterocycles. The number of halogens is 2. The zero-order chi connectivity index (χ0) is 21.6. The van der Waals surface area contributed by atoms with Crippen molar-refractivity contribution in [2.24, 2.45) is 7.05 Å². The van der Waals surface area contributed by atoms with Crippen molar-refractivity contribution in [1.82, 2.24) is 40.5 Å². The zero-order valence-electron chi connectivity index (χ0n) is 16.7. The number of thioether (sulfide) groups is 1. The fourth-order valence-corrected chi connectivity index (χ4v) is 3.93. The standard InChI is InChI=1S/C20H20ClFN8S/c1-29-20(24-27-28-29)31-10-9-23-12-18-19(14-5-3-2-4-6-14)26-30(25-18)13-15-7-8-16(22)11-17(15)21/h2-8,11,23H,9-10,12-13H2,1H3. The van der Waals surface area contributed by atoms with Crippen LogP contribution in [0.1, 0.15) is 11.3 Å². The molecule has 1 N–H and O–H groups in total. The summed E-state index contributed by atoms with van der Waals surface area (Å²) in [6, 6.07) is 14.2. The molecule has 2 heterocycles. The van der Waals surface area contributed by atoms with Crippen LogP contribution in [0.2, 0.25) is 5.02 Å². The molecular formula is C20H20ClFN8S. The zero-order valence-corrected chi connectivity index (χ0v) is 18.3. The molecule has 0 fully saturated rings. The predicted molar refractivity (Wildman–Crippen MR) is 117 cm³/mol. The maximum Gasteiger partial charge on any atom is 0.209 e. The van der Waals surface area contributed by atoms with Crippen LogP contribution in [0.3, 0.4) is 0 Å². The molecule has 0 aliphatic heterocycles. The summed E-state index contributed by atoms with van der Waals surface area (Å²) in [5.41, 5.74) is 3.37. The van der Waals surface area contributed by atoms with E-state index in [0.29, 0.717) is 18.1 Å². The van der Waals surface area contributed by atoms with E-state index in [0.717, 1.165) is 40.0 Å². The van der Waals surface area contributed by atoms with Gasteiger partial charge in [0.15, 0.2) is 0 Å². The van der Waals surface area contributed by atoms with Gasteiger partial charge in [-0.3, -0.25) is 0 Å². The number of benzene rings is 2. The van der Waals surface area contributed by atoms with Crippen molar-refractivity contribution in [2.75, 3.05) is 12.3 Å². The Balaban J connectivity index is 1.45. The van der Waals surface area contributed by atoms with Crippen LogP contribution in [0.25, 0.3) is 11.3 Å². The topological polar surface area (TPSA) is 86.3 Å². The summed E-state index contributed by atoms with van der Waals surface area (Å²) in [4.78, 5) is 1.60.